The first kappa shape index (κ1) is 12.6. The van der Waals surface area contributed by atoms with Gasteiger partial charge in [-0.1, -0.05) is 6.07 Å². The van der Waals surface area contributed by atoms with Crippen LogP contribution in [0.15, 0.2) is 18.2 Å². The number of nitrogens with two attached hydrogens (primary N) is 1. The standard InChI is InChI=1S/C11H13F2NO2/c12-8-5-4-7(6-9(8)13)10(14)2-1-3-11(15)16/h4-6,10H,1-3,14H2,(H,15,16). The van der Waals surface area contributed by atoms with E-state index in [0.717, 1.165) is 12.1 Å². The van der Waals surface area contributed by atoms with Crippen molar-refractivity contribution in [2.75, 3.05) is 0 Å². The van der Waals surface area contributed by atoms with Gasteiger partial charge in [-0.15, -0.1) is 0 Å². The summed E-state index contributed by atoms with van der Waals surface area (Å²) in [6, 6.07) is 3.00. The van der Waals surface area contributed by atoms with E-state index in [1.807, 2.05) is 0 Å². The Balaban J connectivity index is 2.55. The zero-order valence-corrected chi connectivity index (χ0v) is 8.62. The van der Waals surface area contributed by atoms with Crippen molar-refractivity contribution < 1.29 is 18.7 Å². The van der Waals surface area contributed by atoms with Gasteiger partial charge in [0.1, 0.15) is 0 Å². The molecular weight excluding hydrogens is 216 g/mol. The molecule has 0 aliphatic carbocycles. The first-order valence-electron chi connectivity index (χ1n) is 4.93. The van der Waals surface area contributed by atoms with Crippen LogP contribution in [0.2, 0.25) is 0 Å². The summed E-state index contributed by atoms with van der Waals surface area (Å²) in [5.41, 5.74) is 6.19. The second-order valence-corrected chi connectivity index (χ2v) is 3.57. The van der Waals surface area contributed by atoms with Crippen LogP contribution in [0.25, 0.3) is 0 Å². The number of rotatable bonds is 5. The molecule has 88 valence electrons. The van der Waals surface area contributed by atoms with Crippen LogP contribution in [-0.4, -0.2) is 11.1 Å². The van der Waals surface area contributed by atoms with Gasteiger partial charge < -0.3 is 10.8 Å². The largest absolute Gasteiger partial charge is 0.481 e. The number of benzene rings is 1. The fourth-order valence-electron chi connectivity index (χ4n) is 1.38. The van der Waals surface area contributed by atoms with Crippen molar-refractivity contribution in [1.29, 1.82) is 0 Å². The third kappa shape index (κ3) is 3.58. The first-order chi connectivity index (χ1) is 7.50. The number of hydrogen-bond acceptors (Lipinski definition) is 2. The van der Waals surface area contributed by atoms with Crippen molar-refractivity contribution in [2.45, 2.75) is 25.3 Å². The zero-order chi connectivity index (χ0) is 12.1. The van der Waals surface area contributed by atoms with E-state index in [2.05, 4.69) is 0 Å². The Bertz CT molecular complexity index is 382. The zero-order valence-electron chi connectivity index (χ0n) is 8.62. The molecule has 1 aromatic rings. The van der Waals surface area contributed by atoms with Crippen LogP contribution in [0.5, 0.6) is 0 Å². The molecule has 0 bridgehead atoms. The molecule has 1 unspecified atom stereocenters. The lowest BCUT2D eigenvalue weighted by molar-refractivity contribution is -0.137. The lowest BCUT2D eigenvalue weighted by atomic mass is 10.0. The minimum Gasteiger partial charge on any atom is -0.481 e. The van der Waals surface area contributed by atoms with E-state index in [9.17, 15) is 13.6 Å². The highest BCUT2D eigenvalue weighted by molar-refractivity contribution is 5.66. The monoisotopic (exact) mass is 229 g/mol. The van der Waals surface area contributed by atoms with Crippen molar-refractivity contribution in [3.8, 4) is 0 Å². The van der Waals surface area contributed by atoms with Gasteiger partial charge in [0.05, 0.1) is 0 Å². The lowest BCUT2D eigenvalue weighted by Crippen LogP contribution is -2.11. The Morgan fingerprint density at radius 3 is 2.62 bits per heavy atom. The highest BCUT2D eigenvalue weighted by atomic mass is 19.2. The molecule has 0 radical (unpaired) electrons. The Labute approximate surface area is 91.9 Å². The molecule has 0 saturated carbocycles. The van der Waals surface area contributed by atoms with E-state index in [-0.39, 0.29) is 6.42 Å². The van der Waals surface area contributed by atoms with Crippen LogP contribution in [0.3, 0.4) is 0 Å². The Kier molecular flexibility index (Phi) is 4.37. The number of halogens is 2. The quantitative estimate of drug-likeness (QED) is 0.813. The van der Waals surface area contributed by atoms with Gasteiger partial charge >= 0.3 is 5.97 Å². The van der Waals surface area contributed by atoms with Crippen LogP contribution in [0.4, 0.5) is 8.78 Å². The van der Waals surface area contributed by atoms with Crippen molar-refractivity contribution >= 4 is 5.97 Å². The van der Waals surface area contributed by atoms with Crippen LogP contribution >= 0.6 is 0 Å². The van der Waals surface area contributed by atoms with Crippen LogP contribution in [-0.2, 0) is 4.79 Å². The van der Waals surface area contributed by atoms with E-state index < -0.39 is 23.6 Å². The molecular formula is C11H13F2NO2. The highest BCUT2D eigenvalue weighted by Crippen LogP contribution is 2.18. The average Bonchev–Trinajstić information content (AvgIpc) is 2.21. The Hall–Kier alpha value is -1.49. The summed E-state index contributed by atoms with van der Waals surface area (Å²) in [6.45, 7) is 0. The second kappa shape index (κ2) is 5.55. The van der Waals surface area contributed by atoms with Crippen molar-refractivity contribution in [3.63, 3.8) is 0 Å². The van der Waals surface area contributed by atoms with Crippen molar-refractivity contribution in [2.24, 2.45) is 5.73 Å². The van der Waals surface area contributed by atoms with Crippen LogP contribution in [0, 0.1) is 11.6 Å². The maximum Gasteiger partial charge on any atom is 0.303 e. The molecule has 0 aliphatic rings. The van der Waals surface area contributed by atoms with E-state index in [1.165, 1.54) is 6.07 Å². The van der Waals surface area contributed by atoms with Crippen LogP contribution in [0.1, 0.15) is 30.9 Å². The van der Waals surface area contributed by atoms with Gasteiger partial charge in [-0.2, -0.15) is 0 Å². The summed E-state index contributed by atoms with van der Waals surface area (Å²) in [5.74, 6) is -2.75. The number of hydrogen-bond donors (Lipinski definition) is 2. The normalized spacial score (nSPS) is 12.4. The van der Waals surface area contributed by atoms with E-state index in [0.29, 0.717) is 18.4 Å². The van der Waals surface area contributed by atoms with Gasteiger partial charge in [0.15, 0.2) is 11.6 Å². The van der Waals surface area contributed by atoms with E-state index in [1.54, 1.807) is 0 Å². The number of carboxylic acids is 1. The first-order valence-corrected chi connectivity index (χ1v) is 4.93. The molecule has 0 aromatic heterocycles. The molecule has 0 saturated heterocycles. The van der Waals surface area contributed by atoms with Gasteiger partial charge in [0.25, 0.3) is 0 Å². The molecule has 0 amide bonds. The molecule has 0 aliphatic heterocycles. The minimum absolute atomic E-state index is 0.0252. The maximum absolute atomic E-state index is 12.9. The fourth-order valence-corrected chi connectivity index (χ4v) is 1.38. The van der Waals surface area contributed by atoms with Crippen LogP contribution < -0.4 is 5.73 Å². The summed E-state index contributed by atoms with van der Waals surface area (Å²) in [4.78, 5) is 10.3. The second-order valence-electron chi connectivity index (χ2n) is 3.57. The number of carboxylic acid groups (broad SMARTS) is 1. The van der Waals surface area contributed by atoms with Gasteiger partial charge in [-0.3, -0.25) is 4.79 Å². The predicted molar refractivity (Wildman–Crippen MR) is 54.8 cm³/mol. The van der Waals surface area contributed by atoms with Gasteiger partial charge in [0.2, 0.25) is 0 Å². The van der Waals surface area contributed by atoms with E-state index in [4.69, 9.17) is 10.8 Å². The molecule has 0 spiro atoms. The number of aliphatic carboxylic acids is 1. The van der Waals surface area contributed by atoms with E-state index >= 15 is 0 Å². The summed E-state index contributed by atoms with van der Waals surface area (Å²) in [7, 11) is 0. The van der Waals surface area contributed by atoms with Crippen molar-refractivity contribution in [3.05, 3.63) is 35.4 Å². The van der Waals surface area contributed by atoms with Gasteiger partial charge in [-0.25, -0.2) is 8.78 Å². The smallest absolute Gasteiger partial charge is 0.303 e. The molecule has 1 atom stereocenters. The highest BCUT2D eigenvalue weighted by Gasteiger charge is 2.10. The molecule has 0 heterocycles. The molecule has 1 aromatic carbocycles. The Morgan fingerprint density at radius 1 is 1.38 bits per heavy atom. The third-order valence-electron chi connectivity index (χ3n) is 2.28. The fraction of sp³-hybridized carbons (Fsp3) is 0.364. The summed E-state index contributed by atoms with van der Waals surface area (Å²) in [5, 5.41) is 8.43. The summed E-state index contributed by atoms with van der Waals surface area (Å²) >= 11 is 0. The predicted octanol–water partition coefficient (Wildman–Crippen LogP) is 2.22. The molecule has 5 heteroatoms. The minimum atomic E-state index is -0.939. The molecule has 16 heavy (non-hydrogen) atoms. The Morgan fingerprint density at radius 2 is 2.06 bits per heavy atom. The number of carbonyl (C=O) groups is 1. The topological polar surface area (TPSA) is 63.3 Å². The van der Waals surface area contributed by atoms with Gasteiger partial charge in [-0.05, 0) is 30.5 Å². The average molecular weight is 229 g/mol. The maximum atomic E-state index is 12.9. The molecule has 3 N–H and O–H groups in total. The molecule has 3 nitrogen and oxygen atoms in total. The summed E-state index contributed by atoms with van der Waals surface area (Å²) < 4.78 is 25.5. The van der Waals surface area contributed by atoms with Gasteiger partial charge in [0, 0.05) is 12.5 Å². The van der Waals surface area contributed by atoms with Crippen molar-refractivity contribution in [1.82, 2.24) is 0 Å². The molecule has 0 fully saturated rings. The lowest BCUT2D eigenvalue weighted by Gasteiger charge is -2.11. The molecule has 1 rings (SSSR count). The summed E-state index contributed by atoms with van der Waals surface area (Å²) in [6.07, 6.45) is 0.865. The SMILES string of the molecule is NC(CCCC(=O)O)c1ccc(F)c(F)c1. The third-order valence-corrected chi connectivity index (χ3v) is 2.28.